The van der Waals surface area contributed by atoms with Crippen LogP contribution in [0.2, 0.25) is 0 Å². The molecule has 2 heterocycles. The quantitative estimate of drug-likeness (QED) is 0.565. The number of aromatic nitrogens is 1. The zero-order valence-corrected chi connectivity index (χ0v) is 6.63. The van der Waals surface area contributed by atoms with Crippen LogP contribution in [0.25, 0.3) is 0 Å². The van der Waals surface area contributed by atoms with Crippen LogP contribution in [0.15, 0.2) is 23.2 Å². The third kappa shape index (κ3) is 0.939. The van der Waals surface area contributed by atoms with Gasteiger partial charge in [-0.15, -0.1) is 0 Å². The number of aryl methyl sites for hydroxylation is 1. The van der Waals surface area contributed by atoms with Crippen molar-refractivity contribution in [3.8, 4) is 0 Å². The molecule has 1 aliphatic rings. The van der Waals surface area contributed by atoms with E-state index in [1.54, 1.807) is 18.3 Å². The van der Waals surface area contributed by atoms with Gasteiger partial charge in [-0.2, -0.15) is 0 Å². The summed E-state index contributed by atoms with van der Waals surface area (Å²) in [6.45, 7) is 0. The van der Waals surface area contributed by atoms with Gasteiger partial charge in [-0.3, -0.25) is 4.98 Å². The van der Waals surface area contributed by atoms with Crippen molar-refractivity contribution >= 4 is 9.84 Å². The maximum Gasteiger partial charge on any atom is 0.180 e. The lowest BCUT2D eigenvalue weighted by Crippen LogP contribution is -1.98. The molecule has 0 N–H and O–H groups in total. The summed E-state index contributed by atoms with van der Waals surface area (Å²) in [6.07, 6.45) is 2.19. The highest BCUT2D eigenvalue weighted by molar-refractivity contribution is 7.91. The number of fused-ring (bicyclic) bond motifs is 1. The van der Waals surface area contributed by atoms with Crippen molar-refractivity contribution in [1.29, 1.82) is 0 Å². The molecule has 0 fully saturated rings. The van der Waals surface area contributed by atoms with Gasteiger partial charge in [0, 0.05) is 12.6 Å². The molecule has 2 rings (SSSR count). The molecule has 0 atom stereocenters. The molecule has 11 heavy (non-hydrogen) atoms. The number of rotatable bonds is 0. The maximum absolute atomic E-state index is 11.2. The Morgan fingerprint density at radius 2 is 2.27 bits per heavy atom. The molecule has 0 aromatic carbocycles. The summed E-state index contributed by atoms with van der Waals surface area (Å²) in [7, 11) is -2.97. The maximum atomic E-state index is 11.2. The Kier molecular flexibility index (Phi) is 1.26. The Hall–Kier alpha value is -0.900. The van der Waals surface area contributed by atoms with Crippen molar-refractivity contribution < 1.29 is 8.42 Å². The molecule has 58 valence electrons. The normalized spacial score (nSPS) is 19.6. The molecule has 0 saturated heterocycles. The van der Waals surface area contributed by atoms with Crippen LogP contribution < -0.4 is 0 Å². The zero-order valence-electron chi connectivity index (χ0n) is 5.82. The van der Waals surface area contributed by atoms with Crippen molar-refractivity contribution in [2.75, 3.05) is 5.75 Å². The molecule has 1 aliphatic heterocycles. The molecule has 0 aliphatic carbocycles. The van der Waals surface area contributed by atoms with Crippen LogP contribution in [0, 0.1) is 0 Å². The lowest BCUT2D eigenvalue weighted by molar-refractivity contribution is 0.600. The Morgan fingerprint density at radius 3 is 3.00 bits per heavy atom. The van der Waals surface area contributed by atoms with Gasteiger partial charge in [-0.1, -0.05) is 0 Å². The topological polar surface area (TPSA) is 47.0 Å². The van der Waals surface area contributed by atoms with Crippen molar-refractivity contribution in [1.82, 2.24) is 4.98 Å². The van der Waals surface area contributed by atoms with Crippen LogP contribution in [0.3, 0.4) is 0 Å². The van der Waals surface area contributed by atoms with Crippen molar-refractivity contribution in [2.45, 2.75) is 11.3 Å². The highest BCUT2D eigenvalue weighted by Gasteiger charge is 2.26. The van der Waals surface area contributed by atoms with E-state index in [2.05, 4.69) is 4.98 Å². The van der Waals surface area contributed by atoms with Crippen LogP contribution in [-0.4, -0.2) is 19.2 Å². The fourth-order valence-corrected chi connectivity index (χ4v) is 2.72. The highest BCUT2D eigenvalue weighted by Crippen LogP contribution is 2.22. The summed E-state index contributed by atoms with van der Waals surface area (Å²) in [5.41, 5.74) is 0.715. The van der Waals surface area contributed by atoms with E-state index in [1.165, 1.54) is 0 Å². The van der Waals surface area contributed by atoms with Gasteiger partial charge in [-0.25, -0.2) is 8.42 Å². The van der Waals surface area contributed by atoms with Crippen LogP contribution in [0.1, 0.15) is 5.69 Å². The van der Waals surface area contributed by atoms with Crippen LogP contribution in [0.4, 0.5) is 0 Å². The number of nitrogens with zero attached hydrogens (tertiary/aromatic N) is 1. The SMILES string of the molecule is O=S1(=O)CCc2ncccc21. The predicted octanol–water partition coefficient (Wildman–Crippen LogP) is 0.411. The van der Waals surface area contributed by atoms with Gasteiger partial charge in [0.2, 0.25) is 0 Å². The second kappa shape index (κ2) is 2.04. The number of hydrogen-bond acceptors (Lipinski definition) is 3. The average Bonchev–Trinajstić information content (AvgIpc) is 2.29. The van der Waals surface area contributed by atoms with Crippen molar-refractivity contribution in [2.24, 2.45) is 0 Å². The highest BCUT2D eigenvalue weighted by atomic mass is 32.2. The molecule has 0 bridgehead atoms. The van der Waals surface area contributed by atoms with Gasteiger partial charge >= 0.3 is 0 Å². The Bertz CT molecular complexity index is 383. The Labute approximate surface area is 65.0 Å². The van der Waals surface area contributed by atoms with Crippen LogP contribution in [-0.2, 0) is 16.3 Å². The second-order valence-electron chi connectivity index (χ2n) is 2.52. The van der Waals surface area contributed by atoms with E-state index in [0.717, 1.165) is 0 Å². The van der Waals surface area contributed by atoms with Crippen molar-refractivity contribution in [3.05, 3.63) is 24.0 Å². The first-order valence-corrected chi connectivity index (χ1v) is 5.02. The minimum absolute atomic E-state index is 0.222. The summed E-state index contributed by atoms with van der Waals surface area (Å²) >= 11 is 0. The lowest BCUT2D eigenvalue weighted by atomic mass is 10.3. The summed E-state index contributed by atoms with van der Waals surface area (Å²) in [4.78, 5) is 4.39. The van der Waals surface area contributed by atoms with E-state index in [9.17, 15) is 8.42 Å². The zero-order chi connectivity index (χ0) is 7.90. The van der Waals surface area contributed by atoms with Crippen LogP contribution in [0.5, 0.6) is 0 Å². The summed E-state index contributed by atoms with van der Waals surface area (Å²) < 4.78 is 22.4. The minimum atomic E-state index is -2.97. The van der Waals surface area contributed by atoms with E-state index in [4.69, 9.17) is 0 Å². The van der Waals surface area contributed by atoms with Gasteiger partial charge in [0.25, 0.3) is 0 Å². The molecule has 3 nitrogen and oxygen atoms in total. The standard InChI is InChI=1S/C7H7NO2S/c9-11(10)5-3-6-7(11)2-1-4-8-6/h1-2,4H,3,5H2. The largest absolute Gasteiger partial charge is 0.260 e. The molecule has 4 heteroatoms. The fraction of sp³-hybridized carbons (Fsp3) is 0.286. The fourth-order valence-electron chi connectivity index (χ4n) is 1.24. The molecule has 1 aromatic heterocycles. The number of hydrogen-bond donors (Lipinski definition) is 0. The first-order chi connectivity index (χ1) is 5.20. The molecule has 1 aromatic rings. The second-order valence-corrected chi connectivity index (χ2v) is 4.59. The number of pyridine rings is 1. The first kappa shape index (κ1) is 6.79. The first-order valence-electron chi connectivity index (χ1n) is 3.37. The van der Waals surface area contributed by atoms with Gasteiger partial charge in [0.1, 0.15) is 0 Å². The predicted molar refractivity (Wildman–Crippen MR) is 40.0 cm³/mol. The van der Waals surface area contributed by atoms with E-state index < -0.39 is 9.84 Å². The smallest absolute Gasteiger partial charge is 0.180 e. The third-order valence-electron chi connectivity index (χ3n) is 1.79. The van der Waals surface area contributed by atoms with Crippen molar-refractivity contribution in [3.63, 3.8) is 0 Å². The molecule has 0 unspecified atom stereocenters. The number of sulfone groups is 1. The molecule has 0 saturated carbocycles. The van der Waals surface area contributed by atoms with Gasteiger partial charge in [0.05, 0.1) is 16.3 Å². The monoisotopic (exact) mass is 169 g/mol. The Morgan fingerprint density at radius 1 is 1.45 bits per heavy atom. The van der Waals surface area contributed by atoms with E-state index in [1.807, 2.05) is 0 Å². The summed E-state index contributed by atoms with van der Waals surface area (Å²) in [5.74, 6) is 0.222. The summed E-state index contributed by atoms with van der Waals surface area (Å²) in [5, 5.41) is 0. The van der Waals surface area contributed by atoms with Gasteiger partial charge in [-0.05, 0) is 12.1 Å². The molecule has 0 spiro atoms. The van der Waals surface area contributed by atoms with Gasteiger partial charge in [0.15, 0.2) is 9.84 Å². The molecule has 0 amide bonds. The van der Waals surface area contributed by atoms with Gasteiger partial charge < -0.3 is 0 Å². The van der Waals surface area contributed by atoms with E-state index in [0.29, 0.717) is 17.0 Å². The summed E-state index contributed by atoms with van der Waals surface area (Å²) in [6, 6.07) is 3.27. The van der Waals surface area contributed by atoms with Crippen LogP contribution >= 0.6 is 0 Å². The molecule has 0 radical (unpaired) electrons. The third-order valence-corrected chi connectivity index (χ3v) is 3.57. The molecular weight excluding hydrogens is 162 g/mol. The molecular formula is C7H7NO2S. The Balaban J connectivity index is 2.75. The average molecular weight is 169 g/mol. The van der Waals surface area contributed by atoms with E-state index >= 15 is 0 Å². The minimum Gasteiger partial charge on any atom is -0.260 e. The van der Waals surface area contributed by atoms with E-state index in [-0.39, 0.29) is 5.75 Å². The lowest BCUT2D eigenvalue weighted by Gasteiger charge is -1.93.